The van der Waals surface area contributed by atoms with Gasteiger partial charge in [0.1, 0.15) is 0 Å². The van der Waals surface area contributed by atoms with Gasteiger partial charge in [-0.1, -0.05) is 38.1 Å². The second-order valence-corrected chi connectivity index (χ2v) is 6.27. The second kappa shape index (κ2) is 4.64. The van der Waals surface area contributed by atoms with Gasteiger partial charge in [0, 0.05) is 6.54 Å². The van der Waals surface area contributed by atoms with E-state index in [4.69, 9.17) is 5.73 Å². The van der Waals surface area contributed by atoms with E-state index < -0.39 is 0 Å². The normalized spacial score (nSPS) is 28.7. The molecule has 0 radical (unpaired) electrons. The summed E-state index contributed by atoms with van der Waals surface area (Å²) in [6.07, 6.45) is 1.18. The van der Waals surface area contributed by atoms with E-state index in [1.54, 1.807) is 0 Å². The maximum Gasteiger partial charge on any atom is 0.237 e. The van der Waals surface area contributed by atoms with Gasteiger partial charge >= 0.3 is 0 Å². The number of benzene rings is 1. The first kappa shape index (κ1) is 12.7. The molecular formula is C16H22N2O. The topological polar surface area (TPSA) is 55.1 Å². The van der Waals surface area contributed by atoms with Gasteiger partial charge in [0.2, 0.25) is 5.91 Å². The van der Waals surface area contributed by atoms with Crippen molar-refractivity contribution in [2.45, 2.75) is 32.2 Å². The van der Waals surface area contributed by atoms with Gasteiger partial charge in [0.15, 0.2) is 0 Å². The van der Waals surface area contributed by atoms with Crippen LogP contribution in [0.5, 0.6) is 0 Å². The van der Waals surface area contributed by atoms with E-state index in [0.717, 1.165) is 12.5 Å². The maximum absolute atomic E-state index is 11.8. The van der Waals surface area contributed by atoms with E-state index in [9.17, 15) is 4.79 Å². The van der Waals surface area contributed by atoms with Gasteiger partial charge in [-0.25, -0.2) is 0 Å². The molecule has 1 fully saturated rings. The minimum Gasteiger partial charge on any atom is -0.354 e. The van der Waals surface area contributed by atoms with Gasteiger partial charge in [-0.3, -0.25) is 4.79 Å². The van der Waals surface area contributed by atoms with Gasteiger partial charge in [0.25, 0.3) is 0 Å². The van der Waals surface area contributed by atoms with Gasteiger partial charge in [0.05, 0.1) is 6.04 Å². The van der Waals surface area contributed by atoms with Crippen molar-refractivity contribution in [1.29, 1.82) is 0 Å². The zero-order valence-electron chi connectivity index (χ0n) is 11.6. The molecule has 0 heterocycles. The molecule has 1 aromatic carbocycles. The Morgan fingerprint density at radius 1 is 1.42 bits per heavy atom. The first-order chi connectivity index (χ1) is 9.09. The molecule has 4 atom stereocenters. The van der Waals surface area contributed by atoms with Crippen LogP contribution in [0.4, 0.5) is 0 Å². The van der Waals surface area contributed by atoms with E-state index in [1.807, 2.05) is 13.8 Å². The van der Waals surface area contributed by atoms with Crippen LogP contribution in [0.2, 0.25) is 0 Å². The van der Waals surface area contributed by atoms with Gasteiger partial charge < -0.3 is 11.1 Å². The van der Waals surface area contributed by atoms with Crippen LogP contribution in [0.1, 0.15) is 30.9 Å². The van der Waals surface area contributed by atoms with E-state index in [2.05, 4.69) is 29.6 Å². The molecule has 0 aliphatic heterocycles. The van der Waals surface area contributed by atoms with Crippen molar-refractivity contribution in [2.75, 3.05) is 6.54 Å². The van der Waals surface area contributed by atoms with Crippen LogP contribution < -0.4 is 11.1 Å². The summed E-state index contributed by atoms with van der Waals surface area (Å²) in [5, 5.41) is 3.02. The van der Waals surface area contributed by atoms with Crippen LogP contribution in [0.25, 0.3) is 0 Å². The Hall–Kier alpha value is -1.35. The highest BCUT2D eigenvalue weighted by Crippen LogP contribution is 2.60. The Morgan fingerprint density at radius 2 is 2.16 bits per heavy atom. The summed E-state index contributed by atoms with van der Waals surface area (Å²) in [5.74, 6) is 2.23. The minimum atomic E-state index is -0.383. The summed E-state index contributed by atoms with van der Waals surface area (Å²) < 4.78 is 0. The predicted octanol–water partition coefficient (Wildman–Crippen LogP) is 1.67. The molecule has 0 saturated heterocycles. The van der Waals surface area contributed by atoms with Crippen molar-refractivity contribution in [1.82, 2.24) is 5.32 Å². The number of hydrogen-bond donors (Lipinski definition) is 2. The third-order valence-electron chi connectivity index (χ3n) is 4.73. The molecule has 0 spiro atoms. The molecule has 102 valence electrons. The fourth-order valence-corrected chi connectivity index (χ4v) is 3.40. The minimum absolute atomic E-state index is 0.00624. The van der Waals surface area contributed by atoms with Crippen LogP contribution in [0, 0.1) is 17.8 Å². The fourth-order valence-electron chi connectivity index (χ4n) is 3.40. The lowest BCUT2D eigenvalue weighted by atomic mass is 10.0. The van der Waals surface area contributed by atoms with Crippen molar-refractivity contribution in [2.24, 2.45) is 23.5 Å². The number of carbonyl (C=O) groups excluding carboxylic acids is 1. The van der Waals surface area contributed by atoms with Crippen LogP contribution in [-0.2, 0) is 11.2 Å². The van der Waals surface area contributed by atoms with Crippen molar-refractivity contribution in [3.8, 4) is 0 Å². The SMILES string of the molecule is CC(C)[C@H](N)C(=O)NCC1C2Cc3ccccc3C12. The number of carbonyl (C=O) groups is 1. The molecule has 1 amide bonds. The van der Waals surface area contributed by atoms with E-state index in [1.165, 1.54) is 17.5 Å². The number of rotatable bonds is 4. The molecule has 2 aliphatic carbocycles. The molecule has 3 unspecified atom stereocenters. The highest BCUT2D eigenvalue weighted by atomic mass is 16.2. The summed E-state index contributed by atoms with van der Waals surface area (Å²) >= 11 is 0. The standard InChI is InChI=1S/C16H22N2O/c1-9(2)15(17)16(19)18-8-13-12-7-10-5-3-4-6-11(10)14(12)13/h3-6,9,12-15H,7-8,17H2,1-2H3,(H,18,19)/t12?,13?,14?,15-/m0/s1. The van der Waals surface area contributed by atoms with Crippen LogP contribution in [0.3, 0.4) is 0 Å². The number of fused-ring (bicyclic) bond motifs is 3. The molecule has 2 aliphatic rings. The van der Waals surface area contributed by atoms with Crippen molar-refractivity contribution < 1.29 is 4.79 Å². The van der Waals surface area contributed by atoms with Gasteiger partial charge in [-0.15, -0.1) is 0 Å². The highest BCUT2D eigenvalue weighted by Gasteiger charge is 2.55. The van der Waals surface area contributed by atoms with Gasteiger partial charge in [-0.2, -0.15) is 0 Å². The lowest BCUT2D eigenvalue weighted by Gasteiger charge is -2.16. The summed E-state index contributed by atoms with van der Waals surface area (Å²) in [5.41, 5.74) is 8.85. The van der Waals surface area contributed by atoms with E-state index >= 15 is 0 Å². The highest BCUT2D eigenvalue weighted by molar-refractivity contribution is 5.81. The zero-order valence-corrected chi connectivity index (χ0v) is 11.6. The molecule has 0 bridgehead atoms. The quantitative estimate of drug-likeness (QED) is 0.863. The Labute approximate surface area is 114 Å². The largest absolute Gasteiger partial charge is 0.354 e. The first-order valence-electron chi connectivity index (χ1n) is 7.20. The molecule has 3 heteroatoms. The second-order valence-electron chi connectivity index (χ2n) is 6.27. The van der Waals surface area contributed by atoms with E-state index in [-0.39, 0.29) is 17.9 Å². The average Bonchev–Trinajstić information content (AvgIpc) is 2.94. The molecular weight excluding hydrogens is 236 g/mol. The molecule has 1 saturated carbocycles. The van der Waals surface area contributed by atoms with Crippen LogP contribution in [0.15, 0.2) is 24.3 Å². The zero-order chi connectivity index (χ0) is 13.6. The first-order valence-corrected chi connectivity index (χ1v) is 7.20. The summed E-state index contributed by atoms with van der Waals surface area (Å²) in [7, 11) is 0. The van der Waals surface area contributed by atoms with Crippen molar-refractivity contribution in [3.05, 3.63) is 35.4 Å². The summed E-state index contributed by atoms with van der Waals surface area (Å²) in [6.45, 7) is 4.74. The maximum atomic E-state index is 11.8. The van der Waals surface area contributed by atoms with Gasteiger partial charge in [-0.05, 0) is 41.2 Å². The Bertz CT molecular complexity index is 497. The van der Waals surface area contributed by atoms with E-state index in [0.29, 0.717) is 11.8 Å². The lowest BCUT2D eigenvalue weighted by Crippen LogP contribution is -2.44. The van der Waals surface area contributed by atoms with Crippen molar-refractivity contribution >= 4 is 5.91 Å². The Balaban J connectivity index is 1.55. The molecule has 3 N–H and O–H groups in total. The smallest absolute Gasteiger partial charge is 0.237 e. The number of nitrogens with two attached hydrogens (primary N) is 1. The molecule has 3 rings (SSSR count). The lowest BCUT2D eigenvalue weighted by molar-refractivity contribution is -0.123. The fraction of sp³-hybridized carbons (Fsp3) is 0.562. The number of amides is 1. The molecule has 3 nitrogen and oxygen atoms in total. The predicted molar refractivity (Wildman–Crippen MR) is 75.7 cm³/mol. The van der Waals surface area contributed by atoms with Crippen LogP contribution in [-0.4, -0.2) is 18.5 Å². The summed E-state index contributed by atoms with van der Waals surface area (Å²) in [4.78, 5) is 11.8. The summed E-state index contributed by atoms with van der Waals surface area (Å²) in [6, 6.07) is 8.31. The third-order valence-corrected chi connectivity index (χ3v) is 4.73. The number of hydrogen-bond acceptors (Lipinski definition) is 2. The molecule has 1 aromatic rings. The Kier molecular flexibility index (Phi) is 3.09. The third kappa shape index (κ3) is 2.16. The monoisotopic (exact) mass is 258 g/mol. The van der Waals surface area contributed by atoms with Crippen LogP contribution >= 0.6 is 0 Å². The average molecular weight is 258 g/mol. The molecule has 0 aromatic heterocycles. The Morgan fingerprint density at radius 3 is 2.89 bits per heavy atom. The number of nitrogens with one attached hydrogen (secondary N) is 1. The van der Waals surface area contributed by atoms with Crippen molar-refractivity contribution in [3.63, 3.8) is 0 Å². The molecule has 19 heavy (non-hydrogen) atoms.